The molecule has 2 aromatic rings. The van der Waals surface area contributed by atoms with Crippen LogP contribution in [0.2, 0.25) is 0 Å². The molecule has 1 aromatic carbocycles. The van der Waals surface area contributed by atoms with Crippen LogP contribution in [0.3, 0.4) is 0 Å². The minimum atomic E-state index is -4.44. The molecule has 0 bridgehead atoms. The molecule has 8 heteroatoms. The summed E-state index contributed by atoms with van der Waals surface area (Å²) in [6, 6.07) is 6.96. The third-order valence-electron chi connectivity index (χ3n) is 2.71. The highest BCUT2D eigenvalue weighted by atomic mass is 32.2. The van der Waals surface area contributed by atoms with E-state index in [0.29, 0.717) is 21.2 Å². The number of hydrogen-bond acceptors (Lipinski definition) is 5. The second-order valence-electron chi connectivity index (χ2n) is 4.43. The van der Waals surface area contributed by atoms with E-state index in [1.165, 1.54) is 12.1 Å². The van der Waals surface area contributed by atoms with Crippen LogP contribution >= 0.6 is 11.8 Å². The fourth-order valence-electron chi connectivity index (χ4n) is 1.67. The molecule has 0 aliphatic heterocycles. The van der Waals surface area contributed by atoms with Gasteiger partial charge >= 0.3 is 6.18 Å². The molecule has 0 saturated heterocycles. The predicted molar refractivity (Wildman–Crippen MR) is 78.3 cm³/mol. The number of nitrogens with two attached hydrogens (primary N) is 1. The number of nitrogens with zero attached hydrogens (tertiary/aromatic N) is 1. The van der Waals surface area contributed by atoms with Gasteiger partial charge < -0.3 is 15.6 Å². The van der Waals surface area contributed by atoms with Crippen LogP contribution in [0.1, 0.15) is 11.1 Å². The number of hydrogen-bond donors (Lipinski definition) is 1. The Balaban J connectivity index is 2.27. The molecule has 1 heterocycles. The standard InChI is InChI=1S/C15H11F3N2O2S/c16-15(17,18)10-2-5-13(20-8-10)23-12-4-3-11(19)7-9(12)1-6-14(21)22/h1-8H,19H2,(H,21,22)/p-1/b6-1-. The number of alkyl halides is 3. The fourth-order valence-corrected chi connectivity index (χ4v) is 2.52. The molecule has 0 radical (unpaired) electrons. The first-order valence-electron chi connectivity index (χ1n) is 6.25. The van der Waals surface area contributed by atoms with Gasteiger partial charge in [-0.15, -0.1) is 0 Å². The molecule has 0 saturated carbocycles. The molecule has 2 rings (SSSR count). The van der Waals surface area contributed by atoms with Crippen LogP contribution < -0.4 is 10.8 Å². The van der Waals surface area contributed by atoms with Crippen molar-refractivity contribution < 1.29 is 23.1 Å². The molecule has 4 nitrogen and oxygen atoms in total. The minimum absolute atomic E-state index is 0.339. The number of nitrogen functional groups attached to an aromatic ring is 1. The topological polar surface area (TPSA) is 79.0 Å². The van der Waals surface area contributed by atoms with Crippen LogP contribution in [-0.4, -0.2) is 11.0 Å². The highest BCUT2D eigenvalue weighted by molar-refractivity contribution is 7.99. The first kappa shape index (κ1) is 16.9. The van der Waals surface area contributed by atoms with Crippen LogP contribution in [0.4, 0.5) is 18.9 Å². The Labute approximate surface area is 133 Å². The van der Waals surface area contributed by atoms with Gasteiger partial charge in [0, 0.05) is 16.8 Å². The quantitative estimate of drug-likeness (QED) is 0.684. The highest BCUT2D eigenvalue weighted by Gasteiger charge is 2.30. The number of carbonyl (C=O) groups is 1. The van der Waals surface area contributed by atoms with Gasteiger partial charge in [-0.2, -0.15) is 13.2 Å². The van der Waals surface area contributed by atoms with Crippen molar-refractivity contribution in [2.75, 3.05) is 5.73 Å². The number of carboxylic acids is 1. The summed E-state index contributed by atoms with van der Waals surface area (Å²) in [5.41, 5.74) is 5.74. The predicted octanol–water partition coefficient (Wildman–Crippen LogP) is 2.60. The van der Waals surface area contributed by atoms with Gasteiger partial charge in [-0.05, 0) is 42.0 Å². The number of anilines is 1. The summed E-state index contributed by atoms with van der Waals surface area (Å²) in [5, 5.41) is 10.8. The van der Waals surface area contributed by atoms with E-state index in [2.05, 4.69) is 4.98 Å². The molecule has 0 unspecified atom stereocenters. The molecular weight excluding hydrogens is 329 g/mol. The maximum atomic E-state index is 12.5. The van der Waals surface area contributed by atoms with Gasteiger partial charge in [-0.1, -0.05) is 17.8 Å². The monoisotopic (exact) mass is 339 g/mol. The van der Waals surface area contributed by atoms with Gasteiger partial charge in [0.25, 0.3) is 0 Å². The third kappa shape index (κ3) is 4.75. The minimum Gasteiger partial charge on any atom is -0.545 e. The van der Waals surface area contributed by atoms with Gasteiger partial charge in [-0.3, -0.25) is 0 Å². The molecule has 0 amide bonds. The van der Waals surface area contributed by atoms with Crippen molar-refractivity contribution in [1.29, 1.82) is 0 Å². The van der Waals surface area contributed by atoms with Crippen LogP contribution in [0, 0.1) is 0 Å². The van der Waals surface area contributed by atoms with Crippen molar-refractivity contribution in [3.63, 3.8) is 0 Å². The zero-order valence-corrected chi connectivity index (χ0v) is 12.3. The van der Waals surface area contributed by atoms with Gasteiger partial charge in [0.1, 0.15) is 5.03 Å². The summed E-state index contributed by atoms with van der Waals surface area (Å²) in [6.45, 7) is 0. The van der Waals surface area contributed by atoms with Crippen LogP contribution in [-0.2, 0) is 11.0 Å². The average molecular weight is 339 g/mol. The van der Waals surface area contributed by atoms with Gasteiger partial charge in [0.05, 0.1) is 11.5 Å². The van der Waals surface area contributed by atoms with Gasteiger partial charge in [0.2, 0.25) is 0 Å². The van der Waals surface area contributed by atoms with E-state index in [4.69, 9.17) is 5.73 Å². The maximum absolute atomic E-state index is 12.5. The lowest BCUT2D eigenvalue weighted by molar-refractivity contribution is -0.297. The molecule has 0 fully saturated rings. The number of halogens is 3. The Morgan fingerprint density at radius 1 is 1.26 bits per heavy atom. The van der Waals surface area contributed by atoms with Crippen molar-refractivity contribution >= 4 is 29.5 Å². The summed E-state index contributed by atoms with van der Waals surface area (Å²) in [4.78, 5) is 14.9. The van der Waals surface area contributed by atoms with Crippen LogP contribution in [0.15, 0.2) is 52.5 Å². The zero-order valence-electron chi connectivity index (χ0n) is 11.5. The number of carbonyl (C=O) groups excluding carboxylic acids is 1. The molecule has 0 spiro atoms. The SMILES string of the molecule is Nc1ccc(Sc2ccc(C(F)(F)F)cn2)c(/C=C\C(=O)[O-])c1. The first-order chi connectivity index (χ1) is 10.8. The smallest absolute Gasteiger partial charge is 0.417 e. The molecular formula is C15H10F3N2O2S-. The Bertz CT molecular complexity index is 743. The Kier molecular flexibility index (Phi) is 4.95. The van der Waals surface area contributed by atoms with Crippen LogP contribution in [0.25, 0.3) is 6.08 Å². The highest BCUT2D eigenvalue weighted by Crippen LogP contribution is 2.33. The molecule has 0 atom stereocenters. The molecule has 23 heavy (non-hydrogen) atoms. The molecule has 1 aromatic heterocycles. The largest absolute Gasteiger partial charge is 0.545 e. The second kappa shape index (κ2) is 6.74. The van der Waals surface area contributed by atoms with E-state index in [-0.39, 0.29) is 0 Å². The molecule has 120 valence electrons. The lowest BCUT2D eigenvalue weighted by Gasteiger charge is -2.09. The summed E-state index contributed by atoms with van der Waals surface area (Å²) >= 11 is 1.10. The number of rotatable bonds is 4. The van der Waals surface area contributed by atoms with Crippen molar-refractivity contribution in [1.82, 2.24) is 4.98 Å². The average Bonchev–Trinajstić information content (AvgIpc) is 2.47. The number of aromatic nitrogens is 1. The van der Waals surface area contributed by atoms with E-state index >= 15 is 0 Å². The second-order valence-corrected chi connectivity index (χ2v) is 5.50. The summed E-state index contributed by atoms with van der Waals surface area (Å²) in [7, 11) is 0. The third-order valence-corrected chi connectivity index (χ3v) is 3.75. The lowest BCUT2D eigenvalue weighted by atomic mass is 10.2. The van der Waals surface area contributed by atoms with Crippen molar-refractivity contribution in [3.8, 4) is 0 Å². The molecule has 0 aliphatic rings. The van der Waals surface area contributed by atoms with Crippen molar-refractivity contribution in [2.24, 2.45) is 0 Å². The van der Waals surface area contributed by atoms with E-state index < -0.39 is 17.7 Å². The van der Waals surface area contributed by atoms with E-state index in [1.54, 1.807) is 18.2 Å². The van der Waals surface area contributed by atoms with Crippen molar-refractivity contribution in [2.45, 2.75) is 16.1 Å². The van der Waals surface area contributed by atoms with E-state index in [0.717, 1.165) is 30.1 Å². The number of aliphatic carboxylic acids is 1. The number of pyridine rings is 1. The van der Waals surface area contributed by atoms with Gasteiger partial charge in [-0.25, -0.2) is 4.98 Å². The Morgan fingerprint density at radius 3 is 2.57 bits per heavy atom. The zero-order chi connectivity index (χ0) is 17.0. The maximum Gasteiger partial charge on any atom is 0.417 e. The lowest BCUT2D eigenvalue weighted by Crippen LogP contribution is -2.18. The summed E-state index contributed by atoms with van der Waals surface area (Å²) in [6.07, 6.45) is -1.55. The van der Waals surface area contributed by atoms with Gasteiger partial charge in [0.15, 0.2) is 0 Å². The Morgan fingerprint density at radius 2 is 2.00 bits per heavy atom. The summed E-state index contributed by atoms with van der Waals surface area (Å²) < 4.78 is 37.5. The summed E-state index contributed by atoms with van der Waals surface area (Å²) in [5.74, 6) is -1.36. The van der Waals surface area contributed by atoms with Crippen LogP contribution in [0.5, 0.6) is 0 Å². The van der Waals surface area contributed by atoms with Crippen molar-refractivity contribution in [3.05, 3.63) is 53.7 Å². The fraction of sp³-hybridized carbons (Fsp3) is 0.0667. The number of carboxylic acid groups (broad SMARTS) is 1. The number of benzene rings is 1. The Hall–Kier alpha value is -2.48. The molecule has 0 aliphatic carbocycles. The normalized spacial score (nSPS) is 11.8. The first-order valence-corrected chi connectivity index (χ1v) is 7.07. The van der Waals surface area contributed by atoms with E-state index in [1.807, 2.05) is 0 Å². The van der Waals surface area contributed by atoms with E-state index in [9.17, 15) is 23.1 Å². The molecule has 2 N–H and O–H groups in total.